The Bertz CT molecular complexity index is 964. The van der Waals surface area contributed by atoms with Gasteiger partial charge in [0.25, 0.3) is 0 Å². The zero-order valence-electron chi connectivity index (χ0n) is 12.5. The summed E-state index contributed by atoms with van der Waals surface area (Å²) in [5.41, 5.74) is 5.44. The molecule has 2 aliphatic rings. The zero-order chi connectivity index (χ0) is 15.8. The lowest BCUT2D eigenvalue weighted by Crippen LogP contribution is -1.95. The molecule has 1 N–H and O–H groups in total. The van der Waals surface area contributed by atoms with Crippen molar-refractivity contribution in [2.24, 2.45) is 0 Å². The molecular formula is C19H14BrN3. The fourth-order valence-electron chi connectivity index (χ4n) is 2.76. The summed E-state index contributed by atoms with van der Waals surface area (Å²) in [5.74, 6) is 0.820. The van der Waals surface area contributed by atoms with Crippen molar-refractivity contribution in [3.63, 3.8) is 0 Å². The van der Waals surface area contributed by atoms with Crippen LogP contribution in [0.1, 0.15) is 5.56 Å². The van der Waals surface area contributed by atoms with Gasteiger partial charge in [-0.05, 0) is 46.1 Å². The molecule has 4 heteroatoms. The predicted molar refractivity (Wildman–Crippen MR) is 98.3 cm³/mol. The van der Waals surface area contributed by atoms with E-state index in [2.05, 4.69) is 74.5 Å². The summed E-state index contributed by atoms with van der Waals surface area (Å²) in [7, 11) is 0. The van der Waals surface area contributed by atoms with Crippen LogP contribution in [-0.4, -0.2) is 9.97 Å². The highest BCUT2D eigenvalue weighted by Gasteiger charge is 2.19. The van der Waals surface area contributed by atoms with E-state index in [0.29, 0.717) is 0 Å². The van der Waals surface area contributed by atoms with Crippen LogP contribution in [0.15, 0.2) is 65.4 Å². The van der Waals surface area contributed by atoms with Crippen LogP contribution >= 0.6 is 15.9 Å². The van der Waals surface area contributed by atoms with Crippen LogP contribution in [0.25, 0.3) is 22.0 Å². The van der Waals surface area contributed by atoms with Gasteiger partial charge in [-0.2, -0.15) is 0 Å². The van der Waals surface area contributed by atoms with Crippen molar-refractivity contribution < 1.29 is 0 Å². The molecule has 0 aliphatic heterocycles. The molecule has 0 saturated heterocycles. The topological polar surface area (TPSA) is 37.8 Å². The quantitative estimate of drug-likeness (QED) is 0.507. The van der Waals surface area contributed by atoms with Gasteiger partial charge >= 0.3 is 0 Å². The minimum Gasteiger partial charge on any atom is -0.340 e. The molecule has 3 nitrogen and oxygen atoms in total. The smallest absolute Gasteiger partial charge is 0.142 e. The van der Waals surface area contributed by atoms with Crippen LogP contribution in [-0.2, 0) is 0 Å². The second kappa shape index (κ2) is 5.63. The summed E-state index contributed by atoms with van der Waals surface area (Å²) in [6.45, 7) is 2.08. The summed E-state index contributed by atoms with van der Waals surface area (Å²) in [4.78, 5) is 8.92. The Kier molecular flexibility index (Phi) is 3.46. The van der Waals surface area contributed by atoms with Crippen LogP contribution in [0, 0.1) is 6.92 Å². The Labute approximate surface area is 142 Å². The van der Waals surface area contributed by atoms with Crippen LogP contribution in [0.4, 0.5) is 11.5 Å². The van der Waals surface area contributed by atoms with Crippen molar-refractivity contribution in [1.29, 1.82) is 0 Å². The van der Waals surface area contributed by atoms with E-state index in [1.807, 2.05) is 18.2 Å². The van der Waals surface area contributed by atoms with Gasteiger partial charge < -0.3 is 5.32 Å². The summed E-state index contributed by atoms with van der Waals surface area (Å²) in [5, 5.41) is 4.45. The Hall–Kier alpha value is -2.46. The molecule has 4 rings (SSSR count). The lowest BCUT2D eigenvalue weighted by molar-refractivity contribution is 1.22. The normalized spacial score (nSPS) is 11.0. The first-order chi connectivity index (χ1) is 11.2. The van der Waals surface area contributed by atoms with Gasteiger partial charge in [0.2, 0.25) is 0 Å². The molecule has 1 aromatic heterocycles. The Morgan fingerprint density at radius 2 is 1.61 bits per heavy atom. The molecule has 112 valence electrons. The number of rotatable bonds is 2. The first-order valence-corrected chi connectivity index (χ1v) is 8.18. The first kappa shape index (κ1) is 14.2. The number of hydrogen-bond acceptors (Lipinski definition) is 3. The first-order valence-electron chi connectivity index (χ1n) is 7.38. The van der Waals surface area contributed by atoms with Gasteiger partial charge in [0.1, 0.15) is 12.1 Å². The average molecular weight is 364 g/mol. The van der Waals surface area contributed by atoms with E-state index < -0.39 is 0 Å². The standard InChI is InChI=1S/C19H14BrN3/c1-12-7-9-13(10-8-12)23-19-16-14-5-3-2-4-6-15(14)17(20)18(16)21-11-22-19/h2-11H,1H3,(H,21,22,23). The van der Waals surface area contributed by atoms with E-state index in [1.165, 1.54) is 5.56 Å². The fourth-order valence-corrected chi connectivity index (χ4v) is 3.41. The molecule has 0 saturated carbocycles. The molecule has 0 amide bonds. The van der Waals surface area contributed by atoms with Crippen molar-refractivity contribution >= 4 is 38.3 Å². The van der Waals surface area contributed by atoms with Crippen LogP contribution in [0.5, 0.6) is 0 Å². The summed E-state index contributed by atoms with van der Waals surface area (Å²) >= 11 is 3.68. The Morgan fingerprint density at radius 1 is 0.870 bits per heavy atom. The highest BCUT2D eigenvalue weighted by atomic mass is 79.9. The van der Waals surface area contributed by atoms with Gasteiger partial charge in [-0.1, -0.05) is 48.0 Å². The van der Waals surface area contributed by atoms with E-state index in [1.54, 1.807) is 6.33 Å². The van der Waals surface area contributed by atoms with E-state index in [0.717, 1.165) is 38.0 Å². The van der Waals surface area contributed by atoms with E-state index >= 15 is 0 Å². The minimum absolute atomic E-state index is 0.820. The maximum absolute atomic E-state index is 4.47. The van der Waals surface area contributed by atoms with Crippen molar-refractivity contribution in [1.82, 2.24) is 9.97 Å². The maximum atomic E-state index is 4.47. The van der Waals surface area contributed by atoms with Gasteiger partial charge in [0, 0.05) is 5.69 Å². The summed E-state index contributed by atoms with van der Waals surface area (Å²) < 4.78 is 1.01. The highest BCUT2D eigenvalue weighted by Crippen LogP contribution is 2.43. The van der Waals surface area contributed by atoms with Crippen molar-refractivity contribution in [2.75, 3.05) is 5.32 Å². The highest BCUT2D eigenvalue weighted by molar-refractivity contribution is 9.10. The summed E-state index contributed by atoms with van der Waals surface area (Å²) in [6.07, 6.45) is 1.60. The van der Waals surface area contributed by atoms with Gasteiger partial charge in [0.15, 0.2) is 0 Å². The number of fused-ring (bicyclic) bond motifs is 3. The van der Waals surface area contributed by atoms with Crippen molar-refractivity contribution in [3.8, 4) is 11.1 Å². The van der Waals surface area contributed by atoms with E-state index in [9.17, 15) is 0 Å². The molecule has 23 heavy (non-hydrogen) atoms. The third-order valence-corrected chi connectivity index (χ3v) is 4.72. The van der Waals surface area contributed by atoms with E-state index in [4.69, 9.17) is 0 Å². The van der Waals surface area contributed by atoms with Crippen LogP contribution < -0.4 is 5.32 Å². The third-order valence-electron chi connectivity index (χ3n) is 3.91. The monoisotopic (exact) mass is 363 g/mol. The lowest BCUT2D eigenvalue weighted by Gasteiger charge is -2.08. The molecule has 0 unspecified atom stereocenters. The summed E-state index contributed by atoms with van der Waals surface area (Å²) in [6, 6.07) is 18.6. The number of anilines is 2. The SMILES string of the molecule is Cc1ccc(Nc2ncnc3c(Br)c4cccccc-4c23)cc1. The number of nitrogens with one attached hydrogen (secondary N) is 1. The molecule has 1 aromatic carbocycles. The Morgan fingerprint density at radius 3 is 2.39 bits per heavy atom. The van der Waals surface area contributed by atoms with Crippen molar-refractivity contribution in [3.05, 3.63) is 71.0 Å². The van der Waals surface area contributed by atoms with Crippen molar-refractivity contribution in [2.45, 2.75) is 6.92 Å². The largest absolute Gasteiger partial charge is 0.340 e. The molecule has 0 spiro atoms. The van der Waals surface area contributed by atoms with Crippen LogP contribution in [0.2, 0.25) is 0 Å². The second-order valence-corrected chi connectivity index (χ2v) is 6.28. The van der Waals surface area contributed by atoms with E-state index in [-0.39, 0.29) is 0 Å². The predicted octanol–water partition coefficient (Wildman–Crippen LogP) is 5.55. The molecule has 0 fully saturated rings. The number of benzene rings is 1. The number of aromatic nitrogens is 2. The zero-order valence-corrected chi connectivity index (χ0v) is 14.1. The molecule has 0 radical (unpaired) electrons. The molecule has 2 aliphatic carbocycles. The van der Waals surface area contributed by atoms with Gasteiger partial charge in [-0.15, -0.1) is 0 Å². The molecule has 0 atom stereocenters. The number of aryl methyl sites for hydroxylation is 1. The molecule has 1 heterocycles. The van der Waals surface area contributed by atoms with Crippen LogP contribution in [0.3, 0.4) is 0 Å². The number of hydrogen-bond donors (Lipinski definition) is 1. The molecular weight excluding hydrogens is 350 g/mol. The fraction of sp³-hybridized carbons (Fsp3) is 0.0526. The minimum atomic E-state index is 0.820. The van der Waals surface area contributed by atoms with Gasteiger partial charge in [-0.25, -0.2) is 9.97 Å². The second-order valence-electron chi connectivity index (χ2n) is 5.49. The van der Waals surface area contributed by atoms with Gasteiger partial charge in [0.05, 0.1) is 15.4 Å². The maximum Gasteiger partial charge on any atom is 0.142 e. The third kappa shape index (κ3) is 2.45. The number of halogens is 1. The Balaban J connectivity index is 1.93. The lowest BCUT2D eigenvalue weighted by atomic mass is 10.1. The number of nitrogens with zero attached hydrogens (tertiary/aromatic N) is 2. The molecule has 2 aromatic rings. The average Bonchev–Trinajstić information content (AvgIpc) is 2.73. The molecule has 0 bridgehead atoms. The van der Waals surface area contributed by atoms with Gasteiger partial charge in [-0.3, -0.25) is 0 Å².